The Kier molecular flexibility index (Phi) is 10.5. The molecule has 1 aliphatic carbocycles. The normalized spacial score (nSPS) is 15.4. The number of carbonyl (C=O) groups excluding carboxylic acids is 2. The zero-order valence-corrected chi connectivity index (χ0v) is 22.4. The van der Waals surface area contributed by atoms with Gasteiger partial charge < -0.3 is 25.4 Å². The van der Waals surface area contributed by atoms with E-state index < -0.39 is 11.6 Å². The van der Waals surface area contributed by atoms with Crippen molar-refractivity contribution in [3.05, 3.63) is 53.1 Å². The van der Waals surface area contributed by atoms with E-state index in [9.17, 15) is 23.5 Å². The molecule has 4 rings (SSSR count). The Bertz CT molecular complexity index is 1140. The third-order valence-electron chi connectivity index (χ3n) is 7.60. The number of nitrogens with one attached hydrogen (secondary N) is 2. The highest BCUT2D eigenvalue weighted by Crippen LogP contribution is 2.39. The molecule has 212 valence electrons. The van der Waals surface area contributed by atoms with Crippen LogP contribution in [0.25, 0.3) is 0 Å². The lowest BCUT2D eigenvalue weighted by Gasteiger charge is -2.34. The number of fused-ring (bicyclic) bond motifs is 1. The van der Waals surface area contributed by atoms with E-state index in [1.54, 1.807) is 6.07 Å². The molecule has 2 aromatic rings. The highest BCUT2D eigenvalue weighted by Gasteiger charge is 2.25. The van der Waals surface area contributed by atoms with Gasteiger partial charge in [-0.3, -0.25) is 9.59 Å². The van der Waals surface area contributed by atoms with Gasteiger partial charge in [0.05, 0.1) is 0 Å². The van der Waals surface area contributed by atoms with E-state index in [4.69, 9.17) is 4.74 Å². The fraction of sp³-hybridized carbons (Fsp3) is 0.533. The van der Waals surface area contributed by atoms with Gasteiger partial charge in [0.25, 0.3) is 5.91 Å². The minimum absolute atomic E-state index is 0.000877. The van der Waals surface area contributed by atoms with E-state index in [0.717, 1.165) is 75.6 Å². The molecule has 2 amide bonds. The van der Waals surface area contributed by atoms with Crippen LogP contribution in [0, 0.1) is 11.6 Å². The van der Waals surface area contributed by atoms with Crippen molar-refractivity contribution in [3.8, 4) is 11.5 Å². The quantitative estimate of drug-likeness (QED) is 0.242. The van der Waals surface area contributed by atoms with E-state index in [1.165, 1.54) is 12.5 Å². The molecule has 2 aromatic carbocycles. The van der Waals surface area contributed by atoms with Gasteiger partial charge in [-0.25, -0.2) is 8.78 Å². The Hall–Kier alpha value is -3.20. The number of ether oxygens (including phenoxy) is 1. The van der Waals surface area contributed by atoms with Crippen molar-refractivity contribution in [3.63, 3.8) is 0 Å². The summed E-state index contributed by atoms with van der Waals surface area (Å²) in [5.74, 6) is -0.460. The number of benzene rings is 2. The van der Waals surface area contributed by atoms with Crippen LogP contribution in [0.3, 0.4) is 0 Å². The third kappa shape index (κ3) is 8.14. The zero-order chi connectivity index (χ0) is 27.6. The second-order valence-corrected chi connectivity index (χ2v) is 10.5. The number of anilines is 1. The summed E-state index contributed by atoms with van der Waals surface area (Å²) < 4.78 is 32.7. The Morgan fingerprint density at radius 2 is 1.85 bits per heavy atom. The molecule has 0 unspecified atom stereocenters. The second-order valence-electron chi connectivity index (χ2n) is 10.5. The average Bonchev–Trinajstić information content (AvgIpc) is 2.94. The predicted octanol–water partition coefficient (Wildman–Crippen LogP) is 5.10. The van der Waals surface area contributed by atoms with Crippen LogP contribution in [0.2, 0.25) is 0 Å². The molecule has 1 fully saturated rings. The third-order valence-corrected chi connectivity index (χ3v) is 7.60. The van der Waals surface area contributed by atoms with Gasteiger partial charge in [-0.1, -0.05) is 31.7 Å². The number of phenolic OH excluding ortho intramolecular Hbond substituents is 1. The number of aryl methyl sites for hydroxylation is 1. The zero-order valence-electron chi connectivity index (χ0n) is 22.4. The molecule has 1 heterocycles. The van der Waals surface area contributed by atoms with Crippen LogP contribution in [0.15, 0.2) is 30.3 Å². The minimum atomic E-state index is -0.450. The summed E-state index contributed by atoms with van der Waals surface area (Å²) in [6, 6.07) is 7.17. The van der Waals surface area contributed by atoms with Crippen LogP contribution < -0.4 is 15.4 Å². The van der Waals surface area contributed by atoms with Gasteiger partial charge in [0.15, 0.2) is 12.4 Å². The summed E-state index contributed by atoms with van der Waals surface area (Å²) in [5, 5.41) is 15.9. The van der Waals surface area contributed by atoms with Gasteiger partial charge in [0.1, 0.15) is 23.1 Å². The second kappa shape index (κ2) is 14.3. The number of phenols is 1. The lowest BCUT2D eigenvalue weighted by Crippen LogP contribution is -2.43. The van der Waals surface area contributed by atoms with Crippen molar-refractivity contribution in [2.24, 2.45) is 0 Å². The highest BCUT2D eigenvalue weighted by atomic mass is 19.1. The van der Waals surface area contributed by atoms with Gasteiger partial charge in [0.2, 0.25) is 5.91 Å². The number of nitrogens with zero attached hydrogens (tertiary/aromatic N) is 1. The minimum Gasteiger partial charge on any atom is -0.506 e. The largest absolute Gasteiger partial charge is 0.506 e. The summed E-state index contributed by atoms with van der Waals surface area (Å²) in [7, 11) is 0. The summed E-state index contributed by atoms with van der Waals surface area (Å²) in [5.41, 5.74) is 1.63. The van der Waals surface area contributed by atoms with Crippen molar-refractivity contribution in [2.75, 3.05) is 31.6 Å². The fourth-order valence-corrected chi connectivity index (χ4v) is 5.51. The van der Waals surface area contributed by atoms with E-state index in [0.29, 0.717) is 42.9 Å². The molecular weight excluding hydrogens is 504 g/mol. The molecule has 0 spiro atoms. The molecule has 0 radical (unpaired) electrons. The standard InChI is InChI=1S/C30H39F2N3O4/c31-23-11-12-25(32)22(19-23)14-16-33-17-15-28(38)35(24-8-4-1-5-9-24)18-6-2-3-7-21-10-13-26(36)29-30(21)39-20-27(37)34-29/h10-13,19,24,33,36H,1-9,14-18,20H2,(H,34,37). The predicted molar refractivity (Wildman–Crippen MR) is 146 cm³/mol. The van der Waals surface area contributed by atoms with Crippen molar-refractivity contribution < 1.29 is 28.2 Å². The molecular formula is C30H39F2N3O4. The number of hydrogen-bond acceptors (Lipinski definition) is 5. The first-order valence-electron chi connectivity index (χ1n) is 14.1. The van der Waals surface area contributed by atoms with Gasteiger partial charge in [-0.2, -0.15) is 0 Å². The van der Waals surface area contributed by atoms with Crippen LogP contribution >= 0.6 is 0 Å². The topological polar surface area (TPSA) is 90.9 Å². The van der Waals surface area contributed by atoms with Crippen molar-refractivity contribution in [2.45, 2.75) is 76.7 Å². The maximum absolute atomic E-state index is 13.8. The maximum atomic E-state index is 13.8. The molecule has 1 aliphatic heterocycles. The molecule has 0 bridgehead atoms. The van der Waals surface area contributed by atoms with E-state index >= 15 is 0 Å². The van der Waals surface area contributed by atoms with Crippen LogP contribution in [-0.4, -0.2) is 54.1 Å². The van der Waals surface area contributed by atoms with E-state index in [2.05, 4.69) is 15.5 Å². The summed E-state index contributed by atoms with van der Waals surface area (Å²) in [6.07, 6.45) is 9.84. The van der Waals surface area contributed by atoms with Gasteiger partial charge in [-0.05, 0) is 80.5 Å². The molecule has 2 aliphatic rings. The smallest absolute Gasteiger partial charge is 0.262 e. The van der Waals surface area contributed by atoms with Gasteiger partial charge in [-0.15, -0.1) is 0 Å². The highest BCUT2D eigenvalue weighted by molar-refractivity contribution is 5.97. The molecule has 3 N–H and O–H groups in total. The number of carbonyl (C=O) groups is 2. The molecule has 1 saturated carbocycles. The summed E-state index contributed by atoms with van der Waals surface area (Å²) >= 11 is 0. The van der Waals surface area contributed by atoms with Gasteiger partial charge >= 0.3 is 0 Å². The molecule has 0 aromatic heterocycles. The SMILES string of the molecule is O=C1COc2c(CCCCCN(C(=O)CCNCCc3cc(F)ccc3F)C3CCCCC3)ccc(O)c2N1. The van der Waals surface area contributed by atoms with Crippen molar-refractivity contribution in [1.29, 1.82) is 0 Å². The van der Waals surface area contributed by atoms with Crippen LogP contribution in [-0.2, 0) is 22.4 Å². The first-order chi connectivity index (χ1) is 18.9. The first-order valence-corrected chi connectivity index (χ1v) is 14.1. The lowest BCUT2D eigenvalue weighted by molar-refractivity contribution is -0.134. The summed E-state index contributed by atoms with van der Waals surface area (Å²) in [4.78, 5) is 26.9. The number of hydrogen-bond donors (Lipinski definition) is 3. The lowest BCUT2D eigenvalue weighted by atomic mass is 9.93. The Labute approximate surface area is 228 Å². The molecule has 39 heavy (non-hydrogen) atoms. The average molecular weight is 544 g/mol. The number of unbranched alkanes of at least 4 members (excludes halogenated alkanes) is 2. The van der Waals surface area contributed by atoms with Crippen LogP contribution in [0.1, 0.15) is 68.9 Å². The Morgan fingerprint density at radius 3 is 2.67 bits per heavy atom. The van der Waals surface area contributed by atoms with Crippen LogP contribution in [0.4, 0.5) is 14.5 Å². The fourth-order valence-electron chi connectivity index (χ4n) is 5.51. The van der Waals surface area contributed by atoms with Crippen molar-refractivity contribution >= 4 is 17.5 Å². The molecule has 0 saturated heterocycles. The summed E-state index contributed by atoms with van der Waals surface area (Å²) in [6.45, 7) is 1.64. The van der Waals surface area contributed by atoms with Gasteiger partial charge in [0, 0.05) is 25.6 Å². The number of rotatable bonds is 13. The molecule has 9 heteroatoms. The number of amides is 2. The maximum Gasteiger partial charge on any atom is 0.262 e. The monoisotopic (exact) mass is 543 g/mol. The molecule has 7 nitrogen and oxygen atoms in total. The Balaban J connectivity index is 1.22. The Morgan fingerprint density at radius 1 is 1.03 bits per heavy atom. The number of aromatic hydroxyl groups is 1. The first kappa shape index (κ1) is 28.8. The molecule has 0 atom stereocenters. The number of halogens is 2. The van der Waals surface area contributed by atoms with Crippen molar-refractivity contribution in [1.82, 2.24) is 10.2 Å². The van der Waals surface area contributed by atoms with Crippen LogP contribution in [0.5, 0.6) is 11.5 Å². The van der Waals surface area contributed by atoms with E-state index in [1.807, 2.05) is 6.07 Å². The van der Waals surface area contributed by atoms with E-state index in [-0.39, 0.29) is 30.2 Å².